The van der Waals surface area contributed by atoms with Crippen LogP contribution in [0.1, 0.15) is 6.92 Å². The topological polar surface area (TPSA) is 64.4 Å². The summed E-state index contributed by atoms with van der Waals surface area (Å²) in [5, 5.41) is 13.8. The summed E-state index contributed by atoms with van der Waals surface area (Å²) in [6, 6.07) is 7.33. The summed E-state index contributed by atoms with van der Waals surface area (Å²) in [6.07, 6.45) is 2.71. The molecule has 17 heavy (non-hydrogen) atoms. The van der Waals surface area contributed by atoms with Crippen molar-refractivity contribution in [3.8, 4) is 5.75 Å². The Morgan fingerprint density at radius 1 is 1.59 bits per heavy atom. The van der Waals surface area contributed by atoms with E-state index in [0.717, 1.165) is 11.9 Å². The largest absolute Gasteiger partial charge is 0.492 e. The third-order valence-corrected chi connectivity index (χ3v) is 2.53. The number of nitrogens with one attached hydrogen (secondary N) is 1. The van der Waals surface area contributed by atoms with Gasteiger partial charge in [0.05, 0.1) is 17.2 Å². The Bertz CT molecular complexity index is 421. The number of hydrogen-bond acceptors (Lipinski definition) is 5. The van der Waals surface area contributed by atoms with E-state index in [1.54, 1.807) is 6.26 Å². The van der Waals surface area contributed by atoms with Crippen LogP contribution in [0.2, 0.25) is 0 Å². The molecule has 1 aromatic carbocycles. The van der Waals surface area contributed by atoms with Gasteiger partial charge in [-0.3, -0.25) is 10.1 Å². The van der Waals surface area contributed by atoms with Crippen molar-refractivity contribution in [1.29, 1.82) is 0 Å². The van der Waals surface area contributed by atoms with E-state index in [-0.39, 0.29) is 0 Å². The van der Waals surface area contributed by atoms with Gasteiger partial charge in [0.25, 0.3) is 6.20 Å². The van der Waals surface area contributed by atoms with E-state index in [2.05, 4.69) is 5.32 Å². The molecule has 6 heteroatoms. The zero-order valence-corrected chi connectivity index (χ0v) is 10.5. The highest BCUT2D eigenvalue weighted by Crippen LogP contribution is 2.27. The van der Waals surface area contributed by atoms with Crippen LogP contribution < -0.4 is 10.1 Å². The molecule has 0 unspecified atom stereocenters. The van der Waals surface area contributed by atoms with Gasteiger partial charge in [-0.2, -0.15) is 0 Å². The van der Waals surface area contributed by atoms with Gasteiger partial charge >= 0.3 is 0 Å². The maximum atomic E-state index is 10.4. The number of ether oxygens (including phenoxy) is 1. The summed E-state index contributed by atoms with van der Waals surface area (Å²) < 4.78 is 5.42. The molecule has 0 aromatic heterocycles. The van der Waals surface area contributed by atoms with Crippen LogP contribution in [0, 0.1) is 10.1 Å². The van der Waals surface area contributed by atoms with Crippen LogP contribution in [0.3, 0.4) is 0 Å². The normalized spacial score (nSPS) is 11.1. The zero-order valence-electron chi connectivity index (χ0n) is 9.67. The Morgan fingerprint density at radius 3 is 2.88 bits per heavy atom. The van der Waals surface area contributed by atoms with Gasteiger partial charge in [-0.15, -0.1) is 11.8 Å². The lowest BCUT2D eigenvalue weighted by molar-refractivity contribution is -0.402. The van der Waals surface area contributed by atoms with E-state index in [1.165, 1.54) is 11.8 Å². The number of para-hydroxylation sites is 2. The molecule has 0 spiro atoms. The fourth-order valence-electron chi connectivity index (χ4n) is 1.22. The Labute approximate surface area is 104 Å². The van der Waals surface area contributed by atoms with Crippen molar-refractivity contribution in [2.45, 2.75) is 6.92 Å². The molecule has 0 aliphatic carbocycles. The molecule has 5 nitrogen and oxygen atoms in total. The van der Waals surface area contributed by atoms with Crippen LogP contribution >= 0.6 is 11.8 Å². The minimum absolute atomic E-state index is 0.460. The van der Waals surface area contributed by atoms with Crippen molar-refractivity contribution in [2.75, 3.05) is 18.2 Å². The molecule has 0 amide bonds. The quantitative estimate of drug-likeness (QED) is 0.624. The lowest BCUT2D eigenvalue weighted by Crippen LogP contribution is -2.02. The van der Waals surface area contributed by atoms with Crippen LogP contribution in [-0.2, 0) is 0 Å². The van der Waals surface area contributed by atoms with Crippen molar-refractivity contribution in [1.82, 2.24) is 0 Å². The zero-order chi connectivity index (χ0) is 12.7. The van der Waals surface area contributed by atoms with Gasteiger partial charge in [0.1, 0.15) is 10.8 Å². The summed E-state index contributed by atoms with van der Waals surface area (Å²) in [5.41, 5.74) is 0.719. The predicted molar refractivity (Wildman–Crippen MR) is 69.8 cm³/mol. The molecule has 0 radical (unpaired) electrons. The Kier molecular flexibility index (Phi) is 5.35. The van der Waals surface area contributed by atoms with Crippen molar-refractivity contribution in [3.05, 3.63) is 45.6 Å². The predicted octanol–water partition coefficient (Wildman–Crippen LogP) is 2.94. The van der Waals surface area contributed by atoms with Crippen molar-refractivity contribution in [2.24, 2.45) is 0 Å². The maximum absolute atomic E-state index is 10.4. The molecule has 0 fully saturated rings. The molecule has 0 atom stereocenters. The molecule has 0 bridgehead atoms. The molecule has 92 valence electrons. The lowest BCUT2D eigenvalue weighted by atomic mass is 10.3. The Hall–Kier alpha value is -1.69. The lowest BCUT2D eigenvalue weighted by Gasteiger charge is -2.11. The van der Waals surface area contributed by atoms with Gasteiger partial charge in [-0.25, -0.2) is 0 Å². The highest BCUT2D eigenvalue weighted by Gasteiger charge is 2.06. The number of nitro groups is 1. The summed E-state index contributed by atoms with van der Waals surface area (Å²) >= 11 is 1.27. The van der Waals surface area contributed by atoms with Crippen molar-refractivity contribution < 1.29 is 9.66 Å². The smallest absolute Gasteiger partial charge is 0.264 e. The van der Waals surface area contributed by atoms with Gasteiger partial charge in [-0.05, 0) is 25.3 Å². The number of anilines is 1. The maximum Gasteiger partial charge on any atom is 0.264 e. The molecule has 1 N–H and O–H groups in total. The summed E-state index contributed by atoms with van der Waals surface area (Å²) in [7, 11) is 0. The average molecular weight is 254 g/mol. The van der Waals surface area contributed by atoms with Crippen molar-refractivity contribution in [3.63, 3.8) is 0 Å². The van der Waals surface area contributed by atoms with Crippen LogP contribution in [0.5, 0.6) is 5.75 Å². The summed E-state index contributed by atoms with van der Waals surface area (Å²) in [5.74, 6) is 0.679. The minimum atomic E-state index is -0.484. The number of nitrogens with zero attached hydrogens (tertiary/aromatic N) is 1. The van der Waals surface area contributed by atoms with Crippen molar-refractivity contribution >= 4 is 17.4 Å². The van der Waals surface area contributed by atoms with Crippen LogP contribution in [0.25, 0.3) is 0 Å². The molecule has 0 saturated heterocycles. The molecule has 1 rings (SSSR count). The van der Waals surface area contributed by atoms with Gasteiger partial charge in [-0.1, -0.05) is 12.1 Å². The number of benzene rings is 1. The first-order valence-corrected chi connectivity index (χ1v) is 6.28. The molecule has 0 aliphatic rings. The summed E-state index contributed by atoms with van der Waals surface area (Å²) in [6.45, 7) is 2.44. The first kappa shape index (κ1) is 13.4. The monoisotopic (exact) mass is 254 g/mol. The van der Waals surface area contributed by atoms with E-state index in [0.29, 0.717) is 17.4 Å². The fourth-order valence-corrected chi connectivity index (χ4v) is 1.62. The minimum Gasteiger partial charge on any atom is -0.492 e. The average Bonchev–Trinajstić information content (AvgIpc) is 2.30. The van der Waals surface area contributed by atoms with Gasteiger partial charge in [0, 0.05) is 0 Å². The molecule has 0 saturated carbocycles. The second-order valence-corrected chi connectivity index (χ2v) is 3.89. The van der Waals surface area contributed by atoms with Gasteiger partial charge in [0.2, 0.25) is 0 Å². The molecule has 0 heterocycles. The highest BCUT2D eigenvalue weighted by molar-refractivity contribution is 8.02. The molecule has 1 aromatic rings. The fraction of sp³-hybridized carbons (Fsp3) is 0.273. The van der Waals surface area contributed by atoms with Crippen LogP contribution in [-0.4, -0.2) is 17.8 Å². The first-order valence-electron chi connectivity index (χ1n) is 5.05. The number of hydrogen-bond donors (Lipinski definition) is 1. The number of thioether (sulfide) groups is 1. The van der Waals surface area contributed by atoms with E-state index >= 15 is 0 Å². The summed E-state index contributed by atoms with van der Waals surface area (Å²) in [4.78, 5) is 9.93. The van der Waals surface area contributed by atoms with E-state index < -0.39 is 4.92 Å². The third-order valence-electron chi connectivity index (χ3n) is 1.89. The Balaban J connectivity index is 2.89. The number of rotatable bonds is 6. The van der Waals surface area contributed by atoms with Crippen LogP contribution in [0.15, 0.2) is 35.5 Å². The molecular weight excluding hydrogens is 240 g/mol. The Morgan fingerprint density at radius 2 is 2.29 bits per heavy atom. The third kappa shape index (κ3) is 4.36. The second kappa shape index (κ2) is 6.80. The standard InChI is InChI=1S/C11H14N2O3S/c1-3-16-10-7-5-4-6-9(10)12-11(17-2)8-13(14)15/h4-8,12H,3H2,1-2H3/b11-8-. The van der Waals surface area contributed by atoms with E-state index in [4.69, 9.17) is 4.74 Å². The van der Waals surface area contributed by atoms with E-state index in [9.17, 15) is 10.1 Å². The SMILES string of the molecule is CCOc1ccccc1N/C(=C/[N+](=O)[O-])SC. The van der Waals surface area contributed by atoms with Gasteiger partial charge in [0.15, 0.2) is 0 Å². The highest BCUT2D eigenvalue weighted by atomic mass is 32.2. The van der Waals surface area contributed by atoms with Gasteiger partial charge < -0.3 is 10.1 Å². The molecular formula is C11H14N2O3S. The van der Waals surface area contributed by atoms with Crippen LogP contribution in [0.4, 0.5) is 5.69 Å². The second-order valence-electron chi connectivity index (χ2n) is 3.04. The molecule has 0 aliphatic heterocycles. The first-order chi connectivity index (χ1) is 8.17. The van der Waals surface area contributed by atoms with E-state index in [1.807, 2.05) is 31.2 Å².